The third-order valence-electron chi connectivity index (χ3n) is 3.56. The van der Waals surface area contributed by atoms with Gasteiger partial charge >= 0.3 is 5.97 Å². The molecule has 25 heavy (non-hydrogen) atoms. The number of rotatable bonds is 9. The fourth-order valence-electron chi connectivity index (χ4n) is 2.21. The summed E-state index contributed by atoms with van der Waals surface area (Å²) in [6.45, 7) is 7.43. The average molecular weight is 362 g/mol. The lowest BCUT2D eigenvalue weighted by molar-refractivity contribution is -0.144. The van der Waals surface area contributed by atoms with E-state index in [2.05, 4.69) is 18.1 Å². The Hall–Kier alpha value is -1.95. The summed E-state index contributed by atoms with van der Waals surface area (Å²) in [5, 5.41) is 4.32. The van der Waals surface area contributed by atoms with E-state index in [0.717, 1.165) is 28.3 Å². The van der Waals surface area contributed by atoms with Crippen molar-refractivity contribution in [2.24, 2.45) is 5.92 Å². The van der Waals surface area contributed by atoms with Crippen LogP contribution in [0.25, 0.3) is 11.1 Å². The van der Waals surface area contributed by atoms with Crippen molar-refractivity contribution in [3.63, 3.8) is 0 Å². The molecule has 6 heteroatoms. The first kappa shape index (κ1) is 19.4. The van der Waals surface area contributed by atoms with Crippen LogP contribution in [0, 0.1) is 5.92 Å². The second-order valence-electron chi connectivity index (χ2n) is 6.16. The summed E-state index contributed by atoms with van der Waals surface area (Å²) in [5.74, 6) is 1.69. The number of benzene rings is 1. The Morgan fingerprint density at radius 1 is 1.28 bits per heavy atom. The first-order chi connectivity index (χ1) is 12.0. The third kappa shape index (κ3) is 6.12. The number of aromatic nitrogens is 2. The Kier molecular flexibility index (Phi) is 7.37. The van der Waals surface area contributed by atoms with E-state index in [1.54, 1.807) is 18.9 Å². The molecule has 0 atom stereocenters. The van der Waals surface area contributed by atoms with Crippen LogP contribution >= 0.6 is 11.8 Å². The molecule has 0 aliphatic carbocycles. The van der Waals surface area contributed by atoms with Gasteiger partial charge in [-0.1, -0.05) is 13.8 Å². The molecule has 0 saturated heterocycles. The first-order valence-electron chi connectivity index (χ1n) is 8.52. The summed E-state index contributed by atoms with van der Waals surface area (Å²) in [6.07, 6.45) is 4.28. The summed E-state index contributed by atoms with van der Waals surface area (Å²) in [4.78, 5) is 12.8. The molecular formula is C19H26N2O3S. The van der Waals surface area contributed by atoms with Crippen LogP contribution in [-0.4, -0.2) is 35.2 Å². The minimum atomic E-state index is -0.145. The lowest BCUT2D eigenvalue weighted by atomic mass is 10.1. The zero-order chi connectivity index (χ0) is 18.2. The van der Waals surface area contributed by atoms with Crippen LogP contribution in [0.2, 0.25) is 0 Å². The molecule has 0 aliphatic heterocycles. The predicted octanol–water partition coefficient (Wildman–Crippen LogP) is 4.26. The van der Waals surface area contributed by atoms with E-state index >= 15 is 0 Å². The summed E-state index contributed by atoms with van der Waals surface area (Å²) in [7, 11) is 1.66. The molecule has 0 bridgehead atoms. The molecular weight excluding hydrogens is 336 g/mol. The topological polar surface area (TPSA) is 53.4 Å². The van der Waals surface area contributed by atoms with Gasteiger partial charge in [0, 0.05) is 29.0 Å². The van der Waals surface area contributed by atoms with Crippen LogP contribution in [0.3, 0.4) is 0 Å². The first-order valence-corrected chi connectivity index (χ1v) is 9.50. The van der Waals surface area contributed by atoms with Gasteiger partial charge in [0.15, 0.2) is 0 Å². The lowest BCUT2D eigenvalue weighted by Crippen LogP contribution is -2.10. The summed E-state index contributed by atoms with van der Waals surface area (Å²) >= 11 is 1.63. The summed E-state index contributed by atoms with van der Waals surface area (Å²) in [5.41, 5.74) is 2.11. The fraction of sp³-hybridized carbons (Fsp3) is 0.474. The van der Waals surface area contributed by atoms with E-state index in [-0.39, 0.29) is 5.97 Å². The maximum absolute atomic E-state index is 11.7. The van der Waals surface area contributed by atoms with Gasteiger partial charge in [0.2, 0.25) is 0 Å². The molecule has 0 unspecified atom stereocenters. The van der Waals surface area contributed by atoms with Crippen molar-refractivity contribution in [2.75, 3.05) is 19.5 Å². The highest BCUT2D eigenvalue weighted by molar-refractivity contribution is 7.99. The van der Waals surface area contributed by atoms with Crippen molar-refractivity contribution in [2.45, 2.75) is 38.6 Å². The van der Waals surface area contributed by atoms with Gasteiger partial charge in [0.1, 0.15) is 5.75 Å². The second-order valence-corrected chi connectivity index (χ2v) is 7.33. The van der Waals surface area contributed by atoms with Gasteiger partial charge in [-0.3, -0.25) is 9.48 Å². The van der Waals surface area contributed by atoms with Gasteiger partial charge in [-0.25, -0.2) is 0 Å². The minimum absolute atomic E-state index is 0.145. The molecule has 0 fully saturated rings. The van der Waals surface area contributed by atoms with E-state index in [1.165, 1.54) is 0 Å². The van der Waals surface area contributed by atoms with Gasteiger partial charge in [0.25, 0.3) is 0 Å². The molecule has 1 aromatic heterocycles. The van der Waals surface area contributed by atoms with Crippen LogP contribution in [0.5, 0.6) is 5.75 Å². The van der Waals surface area contributed by atoms with E-state index in [1.807, 2.05) is 43.1 Å². The molecule has 1 aromatic carbocycles. The molecule has 0 radical (unpaired) electrons. The number of aryl methyl sites for hydroxylation is 1. The standard InChI is InChI=1S/C19H26N2O3S/c1-5-21-12-16(11-20-21)15-8-17(23-4)10-18(9-15)25-7-6-19(22)24-13-14(2)3/h8-12,14H,5-7,13H2,1-4H3. The van der Waals surface area contributed by atoms with Gasteiger partial charge in [-0.2, -0.15) is 5.10 Å². The molecule has 0 spiro atoms. The zero-order valence-electron chi connectivity index (χ0n) is 15.3. The quantitative estimate of drug-likeness (QED) is 0.493. The van der Waals surface area contributed by atoms with Crippen molar-refractivity contribution in [3.05, 3.63) is 30.6 Å². The van der Waals surface area contributed by atoms with Crippen LogP contribution in [0.1, 0.15) is 27.2 Å². The highest BCUT2D eigenvalue weighted by Crippen LogP contribution is 2.31. The molecule has 136 valence electrons. The third-order valence-corrected chi connectivity index (χ3v) is 4.54. The van der Waals surface area contributed by atoms with E-state index in [4.69, 9.17) is 9.47 Å². The predicted molar refractivity (Wildman–Crippen MR) is 101 cm³/mol. The monoisotopic (exact) mass is 362 g/mol. The molecule has 0 amide bonds. The van der Waals surface area contributed by atoms with Crippen molar-refractivity contribution in [1.82, 2.24) is 9.78 Å². The summed E-state index contributed by atoms with van der Waals surface area (Å²) in [6, 6.07) is 6.08. The van der Waals surface area contributed by atoms with Crippen molar-refractivity contribution in [3.8, 4) is 16.9 Å². The number of carbonyl (C=O) groups is 1. The zero-order valence-corrected chi connectivity index (χ0v) is 16.1. The number of hydrogen-bond donors (Lipinski definition) is 0. The molecule has 2 aromatic rings. The highest BCUT2D eigenvalue weighted by atomic mass is 32.2. The Bertz CT molecular complexity index is 698. The molecule has 0 aliphatic rings. The second kappa shape index (κ2) is 9.51. The van der Waals surface area contributed by atoms with Crippen LogP contribution in [-0.2, 0) is 16.1 Å². The molecule has 0 saturated carbocycles. The normalized spacial score (nSPS) is 10.9. The van der Waals surface area contributed by atoms with Crippen molar-refractivity contribution < 1.29 is 14.3 Å². The Balaban J connectivity index is 2.00. The van der Waals surface area contributed by atoms with E-state index in [9.17, 15) is 4.79 Å². The maximum Gasteiger partial charge on any atom is 0.306 e. The number of methoxy groups -OCH3 is 1. The van der Waals surface area contributed by atoms with E-state index in [0.29, 0.717) is 24.7 Å². The number of hydrogen-bond acceptors (Lipinski definition) is 5. The fourth-order valence-corrected chi connectivity index (χ4v) is 3.12. The lowest BCUT2D eigenvalue weighted by Gasteiger charge is -2.09. The van der Waals surface area contributed by atoms with Gasteiger partial charge in [-0.15, -0.1) is 11.8 Å². The van der Waals surface area contributed by atoms with Crippen LogP contribution in [0.4, 0.5) is 0 Å². The highest BCUT2D eigenvalue weighted by Gasteiger charge is 2.09. The molecule has 5 nitrogen and oxygen atoms in total. The Morgan fingerprint density at radius 2 is 2.08 bits per heavy atom. The number of ether oxygens (including phenoxy) is 2. The van der Waals surface area contributed by atoms with Crippen LogP contribution in [0.15, 0.2) is 35.5 Å². The number of thioether (sulfide) groups is 1. The number of nitrogens with zero attached hydrogens (tertiary/aromatic N) is 2. The Morgan fingerprint density at radius 3 is 2.72 bits per heavy atom. The molecule has 2 rings (SSSR count). The van der Waals surface area contributed by atoms with Gasteiger partial charge in [-0.05, 0) is 36.6 Å². The molecule has 0 N–H and O–H groups in total. The Labute approximate surface area is 153 Å². The van der Waals surface area contributed by atoms with Gasteiger partial charge in [0.05, 0.1) is 26.3 Å². The van der Waals surface area contributed by atoms with Crippen molar-refractivity contribution >= 4 is 17.7 Å². The minimum Gasteiger partial charge on any atom is -0.497 e. The van der Waals surface area contributed by atoms with E-state index < -0.39 is 0 Å². The SMILES string of the molecule is CCn1cc(-c2cc(OC)cc(SCCC(=O)OCC(C)C)c2)cn1. The van der Waals surface area contributed by atoms with Crippen molar-refractivity contribution in [1.29, 1.82) is 0 Å². The molecule has 1 heterocycles. The number of esters is 1. The number of carbonyl (C=O) groups excluding carboxylic acids is 1. The average Bonchev–Trinajstić information content (AvgIpc) is 3.09. The van der Waals surface area contributed by atoms with Gasteiger partial charge < -0.3 is 9.47 Å². The largest absolute Gasteiger partial charge is 0.497 e. The maximum atomic E-state index is 11.7. The summed E-state index contributed by atoms with van der Waals surface area (Å²) < 4.78 is 12.5. The van der Waals surface area contributed by atoms with Crippen LogP contribution < -0.4 is 4.74 Å². The smallest absolute Gasteiger partial charge is 0.306 e.